The summed E-state index contributed by atoms with van der Waals surface area (Å²) in [5, 5.41) is 10.9. The summed E-state index contributed by atoms with van der Waals surface area (Å²) in [4.78, 5) is 15.7. The number of nitrogens with zero attached hydrogens (tertiary/aromatic N) is 7. The molecule has 4 aromatic carbocycles. The number of aryl methyl sites for hydroxylation is 8. The minimum absolute atomic E-state index is 0. The van der Waals surface area contributed by atoms with Gasteiger partial charge in [0.1, 0.15) is 13.4 Å². The quantitative estimate of drug-likeness (QED) is 0.136. The molecule has 0 saturated carbocycles. The first-order valence-corrected chi connectivity index (χ1v) is 41.3. The lowest BCUT2D eigenvalue weighted by Gasteiger charge is -2.20. The van der Waals surface area contributed by atoms with Crippen LogP contribution in [-0.4, -0.2) is 43.2 Å². The van der Waals surface area contributed by atoms with E-state index in [9.17, 15) is 0 Å². The summed E-state index contributed by atoms with van der Waals surface area (Å²) in [7, 11) is 2.03. The summed E-state index contributed by atoms with van der Waals surface area (Å²) < 4.78 is 2.04. The molecule has 9 aromatic rings. The van der Waals surface area contributed by atoms with Crippen molar-refractivity contribution in [2.75, 3.05) is 13.1 Å². The Morgan fingerprint density at radius 2 is 0.735 bits per heavy atom. The van der Waals surface area contributed by atoms with Gasteiger partial charge in [0, 0.05) is 55.0 Å². The molecule has 2 aliphatic rings. The van der Waals surface area contributed by atoms with E-state index in [0.29, 0.717) is 0 Å². The number of allylic oxidation sites excluding steroid dienone is 6. The zero-order valence-electron chi connectivity index (χ0n) is 74.3. The predicted molar refractivity (Wildman–Crippen MR) is 527 cm³/mol. The standard InChI is InChI=1S/2C9H10.C8H12N.C8H10.C7H15N.2C7H9N.C7H8.C7H10.2C6H8N2.9C2H6.6CH4/c2*1-2-6-9-7-4-3-5-8-9;1-3-8-4-6-9(2)7-5-8;1-2-8-6-4-3-5-7-8;1-2-7-3-5-8-6-4-7;1-2-7-4-3-5-8-6-7;1-2-7-5-3-4-6-8-7;1-7-5-3-2-4-6-7;1-2-7-5-3-4-6-7;1-2-6-3-7-5-8-4-6;1-2-6-4-3-5-7-8-6;9*1-2;;;;;;/h2*2-8H,1H3;4-7H,3H2,1-2H3;3-7H,2H2,1H3;7-8H,2-6H2,1H3;2*3-6H,2H2,1H3;2-6H,1H3;3-7H,2H2,1H3;2*3-5H,2H2,1H3;9*1-2H3;6*1H4/q;;+1;;;;;;;;;;;;;;;;;;;;;;;. The van der Waals surface area contributed by atoms with Gasteiger partial charge in [-0.15, -0.1) is 0 Å². The molecule has 0 atom stereocenters. The van der Waals surface area contributed by atoms with Crippen LogP contribution in [0.25, 0.3) is 12.2 Å². The number of hydrogen-bond acceptors (Lipinski definition) is 7. The van der Waals surface area contributed by atoms with Crippen molar-refractivity contribution < 1.29 is 4.57 Å². The van der Waals surface area contributed by atoms with E-state index in [2.05, 4.69) is 225 Å². The molecule has 1 aliphatic heterocycles. The molecule has 113 heavy (non-hydrogen) atoms. The van der Waals surface area contributed by atoms with Gasteiger partial charge in [0.25, 0.3) is 0 Å². The average Bonchev–Trinajstić information content (AvgIpc) is 1.50. The monoisotopic (exact) mass is 1560 g/mol. The molecule has 11 rings (SSSR count). The SMILES string of the molecule is C.C.C.C.C.C.CC.CC.CC.CC.CC.CC.CC.CC.CC.CC=Cc1ccccc1.CC=Cc1ccccc1.CCC1C=CC=C1.CCC1CCNCC1.CCc1cc[n+](C)cc1.CCc1ccccc1.CCc1ccccn1.CCc1cccnc1.CCc1cccnn1.CCc1cncnc1.Cc1ccccc1. The molecule has 1 aliphatic carbocycles. The second-order valence-electron chi connectivity index (χ2n) is 20.5. The number of rotatable bonds is 10. The summed E-state index contributed by atoms with van der Waals surface area (Å²) in [5.41, 5.74) is 11.4. The number of pyridine rings is 3. The van der Waals surface area contributed by atoms with Crippen LogP contribution in [-0.2, 0) is 45.6 Å². The zero-order valence-corrected chi connectivity index (χ0v) is 74.3. The van der Waals surface area contributed by atoms with Gasteiger partial charge in [-0.25, -0.2) is 14.5 Å². The molecule has 1 fully saturated rings. The topological polar surface area (TPSA) is 93.2 Å². The predicted octanol–water partition coefficient (Wildman–Crippen LogP) is 32.7. The second kappa shape index (κ2) is 127. The van der Waals surface area contributed by atoms with Crippen LogP contribution in [0, 0.1) is 18.8 Å². The Morgan fingerprint density at radius 1 is 0.372 bits per heavy atom. The van der Waals surface area contributed by atoms with Crippen molar-refractivity contribution >= 4 is 12.2 Å². The fourth-order valence-electron chi connectivity index (χ4n) is 7.82. The third-order valence-corrected chi connectivity index (χ3v) is 13.5. The molecule has 5 aromatic heterocycles. The van der Waals surface area contributed by atoms with E-state index >= 15 is 0 Å². The smallest absolute Gasteiger partial charge is 0.168 e. The van der Waals surface area contributed by atoms with Crippen molar-refractivity contribution in [3.8, 4) is 0 Å². The van der Waals surface area contributed by atoms with Crippen molar-refractivity contribution in [2.24, 2.45) is 18.9 Å². The Hall–Kier alpha value is -8.59. The molecule has 646 valence electrons. The molecule has 0 unspecified atom stereocenters. The lowest BCUT2D eigenvalue weighted by atomic mass is 9.96. The number of nitrogens with one attached hydrogen (secondary N) is 1. The van der Waals surface area contributed by atoms with Gasteiger partial charge >= 0.3 is 0 Å². The Kier molecular flexibility index (Phi) is 157. The van der Waals surface area contributed by atoms with E-state index in [0.717, 1.165) is 61.7 Å². The van der Waals surface area contributed by atoms with Crippen LogP contribution in [0.5, 0.6) is 0 Å². The van der Waals surface area contributed by atoms with Crippen LogP contribution in [0.3, 0.4) is 0 Å². The molecule has 8 nitrogen and oxygen atoms in total. The maximum atomic E-state index is 4.10. The molecule has 6 heterocycles. The van der Waals surface area contributed by atoms with Crippen molar-refractivity contribution in [1.29, 1.82) is 0 Å². The van der Waals surface area contributed by atoms with Gasteiger partial charge in [0.2, 0.25) is 0 Å². The Morgan fingerprint density at radius 3 is 0.991 bits per heavy atom. The minimum Gasteiger partial charge on any atom is -0.317 e. The number of hydrogen-bond donors (Lipinski definition) is 1. The van der Waals surface area contributed by atoms with Crippen molar-refractivity contribution in [2.45, 2.75) is 310 Å². The first-order chi connectivity index (χ1) is 52.6. The van der Waals surface area contributed by atoms with Crippen molar-refractivity contribution in [1.82, 2.24) is 35.5 Å². The van der Waals surface area contributed by atoms with E-state index in [4.69, 9.17) is 0 Å². The highest BCUT2D eigenvalue weighted by atomic mass is 15.1. The fraction of sp³-hybridized carbons (Fsp3) is 0.476. The van der Waals surface area contributed by atoms with Crippen LogP contribution >= 0.6 is 0 Å². The number of aromatic nitrogens is 7. The van der Waals surface area contributed by atoms with Crippen molar-refractivity contribution in [3.05, 3.63) is 319 Å². The van der Waals surface area contributed by atoms with Crippen LogP contribution in [0.4, 0.5) is 0 Å². The van der Waals surface area contributed by atoms with Gasteiger partial charge in [-0.05, 0) is 167 Å². The van der Waals surface area contributed by atoms with Crippen LogP contribution in [0.1, 0.15) is 314 Å². The highest BCUT2D eigenvalue weighted by Crippen LogP contribution is 2.14. The number of piperidine rings is 1. The van der Waals surface area contributed by atoms with E-state index in [1.807, 2.05) is 284 Å². The van der Waals surface area contributed by atoms with E-state index < -0.39 is 0 Å². The Bertz CT molecular complexity index is 2720. The molecular weight excluding hydrogens is 1370 g/mol. The third kappa shape index (κ3) is 101. The van der Waals surface area contributed by atoms with Gasteiger partial charge < -0.3 is 5.32 Å². The fourth-order valence-corrected chi connectivity index (χ4v) is 7.82. The minimum atomic E-state index is 0. The molecule has 0 amide bonds. The van der Waals surface area contributed by atoms with Gasteiger partial charge in [-0.3, -0.25) is 9.97 Å². The Labute approximate surface area is 708 Å². The highest BCUT2D eigenvalue weighted by Gasteiger charge is 2.09. The molecule has 1 saturated heterocycles. The summed E-state index contributed by atoms with van der Waals surface area (Å²) in [6.45, 7) is 61.8. The lowest BCUT2D eigenvalue weighted by molar-refractivity contribution is -0.671. The highest BCUT2D eigenvalue weighted by molar-refractivity contribution is 5.48. The molecule has 1 N–H and O–H groups in total. The normalized spacial score (nSPS) is 9.50. The van der Waals surface area contributed by atoms with E-state index in [1.54, 1.807) is 18.7 Å². The second-order valence-corrected chi connectivity index (χ2v) is 20.5. The molecule has 0 spiro atoms. The number of benzene rings is 4. The van der Waals surface area contributed by atoms with Gasteiger partial charge in [0.05, 0.1) is 5.69 Å². The van der Waals surface area contributed by atoms with E-state index in [-0.39, 0.29) is 44.6 Å². The van der Waals surface area contributed by atoms with E-state index in [1.165, 1.54) is 77.7 Å². The van der Waals surface area contributed by atoms with Gasteiger partial charge in [0.15, 0.2) is 12.4 Å². The van der Waals surface area contributed by atoms with Crippen LogP contribution in [0.2, 0.25) is 0 Å². The lowest BCUT2D eigenvalue weighted by Crippen LogP contribution is -2.27. The molecular formula is C105H187N8+. The summed E-state index contributed by atoms with van der Waals surface area (Å²) in [5.74, 6) is 1.76. The first kappa shape index (κ1) is 140. The Balaban J connectivity index is -0.0000000701. The third-order valence-electron chi connectivity index (χ3n) is 13.5. The van der Waals surface area contributed by atoms with Gasteiger partial charge in [-0.2, -0.15) is 10.2 Å². The van der Waals surface area contributed by atoms with Gasteiger partial charge in [-0.1, -0.05) is 419 Å². The van der Waals surface area contributed by atoms with Crippen molar-refractivity contribution in [3.63, 3.8) is 0 Å². The molecule has 8 heteroatoms. The maximum Gasteiger partial charge on any atom is 0.168 e. The molecule has 0 bridgehead atoms. The average molecular weight is 1560 g/mol. The van der Waals surface area contributed by atoms with Crippen LogP contribution < -0.4 is 9.88 Å². The summed E-state index contributed by atoms with van der Waals surface area (Å²) >= 11 is 0. The maximum absolute atomic E-state index is 4.10. The molecule has 0 radical (unpaired) electrons. The van der Waals surface area contributed by atoms with Crippen LogP contribution in [0.15, 0.2) is 268 Å². The zero-order chi connectivity index (χ0) is 82.9. The first-order valence-electron chi connectivity index (χ1n) is 41.3. The summed E-state index contributed by atoms with van der Waals surface area (Å²) in [6, 6.07) is 59.4. The summed E-state index contributed by atoms with van der Waals surface area (Å²) in [6.07, 6.45) is 45.2. The largest absolute Gasteiger partial charge is 0.317 e.